The lowest BCUT2D eigenvalue weighted by Crippen LogP contribution is -2.24. The van der Waals surface area contributed by atoms with E-state index in [-0.39, 0.29) is 5.56 Å². The predicted octanol–water partition coefficient (Wildman–Crippen LogP) is 2.74. The molecule has 0 bridgehead atoms. The van der Waals surface area contributed by atoms with Crippen LogP contribution in [0.5, 0.6) is 0 Å². The first-order chi connectivity index (χ1) is 9.00. The molecule has 0 unspecified atom stereocenters. The maximum atomic E-state index is 12.5. The number of hydrogen-bond donors (Lipinski definition) is 2. The summed E-state index contributed by atoms with van der Waals surface area (Å²) >= 11 is 0. The molecule has 1 fully saturated rings. The third kappa shape index (κ3) is 3.86. The average Bonchev–Trinajstić information content (AvgIpc) is 3.17. The van der Waals surface area contributed by atoms with Gasteiger partial charge in [0.25, 0.3) is 0 Å². The lowest BCUT2D eigenvalue weighted by molar-refractivity contribution is -0.137. The van der Waals surface area contributed by atoms with E-state index in [1.165, 1.54) is 18.9 Å². The fraction of sp³-hybridized carbons (Fsp3) is 0.462. The Bertz CT molecular complexity index is 487. The van der Waals surface area contributed by atoms with Crippen molar-refractivity contribution in [2.75, 3.05) is 18.4 Å². The van der Waals surface area contributed by atoms with Crippen LogP contribution in [-0.2, 0) is 6.18 Å². The first kappa shape index (κ1) is 13.7. The van der Waals surface area contributed by atoms with Crippen LogP contribution in [0.4, 0.5) is 18.9 Å². The molecule has 2 rings (SSSR count). The zero-order chi connectivity index (χ0) is 13.9. The Kier molecular flexibility index (Phi) is 3.96. The molecule has 0 aliphatic heterocycles. The van der Waals surface area contributed by atoms with E-state index in [9.17, 15) is 13.2 Å². The minimum absolute atomic E-state index is 0.0150. The van der Waals surface area contributed by atoms with E-state index in [1.54, 1.807) is 6.07 Å². The molecule has 0 saturated heterocycles. The van der Waals surface area contributed by atoms with E-state index in [2.05, 4.69) is 10.6 Å². The number of benzene rings is 1. The van der Waals surface area contributed by atoms with Crippen LogP contribution < -0.4 is 10.6 Å². The van der Waals surface area contributed by atoms with Crippen molar-refractivity contribution in [3.05, 3.63) is 29.3 Å². The van der Waals surface area contributed by atoms with Gasteiger partial charge in [-0.2, -0.15) is 18.4 Å². The molecule has 0 aromatic heterocycles. The maximum absolute atomic E-state index is 12.5. The summed E-state index contributed by atoms with van der Waals surface area (Å²) in [6.45, 7) is 1.31. The minimum atomic E-state index is -4.42. The van der Waals surface area contributed by atoms with Gasteiger partial charge in [0.2, 0.25) is 0 Å². The van der Waals surface area contributed by atoms with Crippen LogP contribution in [0.2, 0.25) is 0 Å². The van der Waals surface area contributed by atoms with Crippen LogP contribution in [0.3, 0.4) is 0 Å². The molecule has 0 radical (unpaired) electrons. The Balaban J connectivity index is 1.97. The third-order valence-corrected chi connectivity index (χ3v) is 2.92. The van der Waals surface area contributed by atoms with Gasteiger partial charge in [0.05, 0.1) is 16.8 Å². The molecule has 1 aliphatic carbocycles. The third-order valence-electron chi connectivity index (χ3n) is 2.92. The highest BCUT2D eigenvalue weighted by atomic mass is 19.4. The van der Waals surface area contributed by atoms with Crippen molar-refractivity contribution in [1.29, 1.82) is 5.26 Å². The van der Waals surface area contributed by atoms with Gasteiger partial charge in [0.15, 0.2) is 0 Å². The van der Waals surface area contributed by atoms with Crippen molar-refractivity contribution >= 4 is 5.69 Å². The van der Waals surface area contributed by atoms with Crippen molar-refractivity contribution in [3.8, 4) is 6.07 Å². The monoisotopic (exact) mass is 269 g/mol. The summed E-state index contributed by atoms with van der Waals surface area (Å²) in [4.78, 5) is 0. The number of alkyl halides is 3. The zero-order valence-electron chi connectivity index (χ0n) is 10.2. The van der Waals surface area contributed by atoms with Crippen molar-refractivity contribution in [2.45, 2.75) is 25.1 Å². The lowest BCUT2D eigenvalue weighted by Gasteiger charge is -2.11. The molecular weight excluding hydrogens is 255 g/mol. The van der Waals surface area contributed by atoms with Gasteiger partial charge in [-0.15, -0.1) is 0 Å². The van der Waals surface area contributed by atoms with Crippen molar-refractivity contribution < 1.29 is 13.2 Å². The first-order valence-electron chi connectivity index (χ1n) is 6.09. The number of halogens is 3. The van der Waals surface area contributed by atoms with E-state index in [1.807, 2.05) is 0 Å². The van der Waals surface area contributed by atoms with Crippen molar-refractivity contribution in [2.24, 2.45) is 0 Å². The Morgan fingerprint density at radius 3 is 2.58 bits per heavy atom. The summed E-state index contributed by atoms with van der Waals surface area (Å²) in [7, 11) is 0. The summed E-state index contributed by atoms with van der Waals surface area (Å²) in [6, 6.07) is 5.53. The topological polar surface area (TPSA) is 47.9 Å². The molecule has 3 nitrogen and oxygen atoms in total. The molecule has 0 amide bonds. The highest BCUT2D eigenvalue weighted by molar-refractivity contribution is 5.59. The fourth-order valence-electron chi connectivity index (χ4n) is 1.73. The summed E-state index contributed by atoms with van der Waals surface area (Å²) in [5.74, 6) is 0. The standard InChI is InChI=1S/C13H14F3N3/c14-13(15,16)10-1-4-12(9(7-10)8-17)19-6-5-18-11-2-3-11/h1,4,7,11,18-19H,2-3,5-6H2. The molecular formula is C13H14F3N3. The maximum Gasteiger partial charge on any atom is 0.416 e. The Hall–Kier alpha value is -1.74. The molecule has 1 aromatic rings. The average molecular weight is 269 g/mol. The van der Waals surface area contributed by atoms with Crippen LogP contribution in [0.15, 0.2) is 18.2 Å². The predicted molar refractivity (Wildman–Crippen MR) is 65.7 cm³/mol. The molecule has 0 heterocycles. The summed E-state index contributed by atoms with van der Waals surface area (Å²) in [5, 5.41) is 15.1. The lowest BCUT2D eigenvalue weighted by atomic mass is 10.1. The number of nitrogens with one attached hydrogen (secondary N) is 2. The van der Waals surface area contributed by atoms with Crippen LogP contribution in [0.1, 0.15) is 24.0 Å². The van der Waals surface area contributed by atoms with E-state index < -0.39 is 11.7 Å². The largest absolute Gasteiger partial charge is 0.416 e. The summed E-state index contributed by atoms with van der Waals surface area (Å²) in [6.07, 6.45) is -2.05. The van der Waals surface area contributed by atoms with Gasteiger partial charge >= 0.3 is 6.18 Å². The molecule has 2 N–H and O–H groups in total. The Labute approximate surface area is 109 Å². The number of rotatable bonds is 5. The number of nitriles is 1. The fourth-order valence-corrected chi connectivity index (χ4v) is 1.73. The number of anilines is 1. The molecule has 1 saturated carbocycles. The van der Waals surface area contributed by atoms with Gasteiger partial charge in [-0.05, 0) is 31.0 Å². The second-order valence-corrected chi connectivity index (χ2v) is 4.53. The SMILES string of the molecule is N#Cc1cc(C(F)(F)F)ccc1NCCNC1CC1. The quantitative estimate of drug-likeness (QED) is 0.808. The van der Waals surface area contributed by atoms with Gasteiger partial charge in [-0.3, -0.25) is 0 Å². The smallest absolute Gasteiger partial charge is 0.383 e. The van der Waals surface area contributed by atoms with Crippen LogP contribution >= 0.6 is 0 Å². The van der Waals surface area contributed by atoms with Gasteiger partial charge in [0.1, 0.15) is 6.07 Å². The molecule has 19 heavy (non-hydrogen) atoms. The normalized spacial score (nSPS) is 15.1. The Morgan fingerprint density at radius 1 is 1.26 bits per heavy atom. The molecule has 102 valence electrons. The molecule has 6 heteroatoms. The summed E-state index contributed by atoms with van der Waals surface area (Å²) in [5.41, 5.74) is -0.347. The first-order valence-corrected chi connectivity index (χ1v) is 6.09. The second kappa shape index (κ2) is 5.49. The number of hydrogen-bond acceptors (Lipinski definition) is 3. The van der Waals surface area contributed by atoms with Crippen molar-refractivity contribution in [3.63, 3.8) is 0 Å². The Morgan fingerprint density at radius 2 is 2.00 bits per heavy atom. The van der Waals surface area contributed by atoms with Crippen LogP contribution in [-0.4, -0.2) is 19.1 Å². The molecule has 0 spiro atoms. The molecule has 0 atom stereocenters. The second-order valence-electron chi connectivity index (χ2n) is 4.53. The van der Waals surface area contributed by atoms with E-state index in [0.29, 0.717) is 18.3 Å². The van der Waals surface area contributed by atoms with Gasteiger partial charge in [-0.1, -0.05) is 0 Å². The summed E-state index contributed by atoms with van der Waals surface area (Å²) < 4.78 is 37.5. The minimum Gasteiger partial charge on any atom is -0.383 e. The molecule has 1 aliphatic rings. The highest BCUT2D eigenvalue weighted by Crippen LogP contribution is 2.31. The van der Waals surface area contributed by atoms with E-state index in [0.717, 1.165) is 18.7 Å². The zero-order valence-corrected chi connectivity index (χ0v) is 10.2. The van der Waals surface area contributed by atoms with E-state index >= 15 is 0 Å². The molecule has 1 aromatic carbocycles. The van der Waals surface area contributed by atoms with Crippen molar-refractivity contribution in [1.82, 2.24) is 5.32 Å². The number of nitrogens with zero attached hydrogens (tertiary/aromatic N) is 1. The highest BCUT2D eigenvalue weighted by Gasteiger charge is 2.31. The van der Waals surface area contributed by atoms with Gasteiger partial charge in [0, 0.05) is 19.1 Å². The van der Waals surface area contributed by atoms with Gasteiger partial charge < -0.3 is 10.6 Å². The van der Waals surface area contributed by atoms with Gasteiger partial charge in [-0.25, -0.2) is 0 Å². The van der Waals surface area contributed by atoms with Crippen LogP contribution in [0.25, 0.3) is 0 Å². The van der Waals surface area contributed by atoms with E-state index in [4.69, 9.17) is 5.26 Å². The van der Waals surface area contributed by atoms with Crippen LogP contribution in [0, 0.1) is 11.3 Å².